The molecule has 0 aliphatic carbocycles. The molecule has 1 aromatic heterocycles. The molecule has 2 aliphatic heterocycles. The highest BCUT2D eigenvalue weighted by Gasteiger charge is 2.40. The lowest BCUT2D eigenvalue weighted by Gasteiger charge is -2.49. The molecule has 2 saturated heterocycles. The smallest absolute Gasteiger partial charge is 0.220 e. The number of hydrogen-bond acceptors (Lipinski definition) is 5. The van der Waals surface area contributed by atoms with Crippen molar-refractivity contribution in [2.45, 2.75) is 31.3 Å². The van der Waals surface area contributed by atoms with Gasteiger partial charge < -0.3 is 5.32 Å². The molecule has 1 N–H and O–H groups in total. The Kier molecular flexibility index (Phi) is 5.07. The van der Waals surface area contributed by atoms with Crippen LogP contribution in [0.3, 0.4) is 0 Å². The van der Waals surface area contributed by atoms with Gasteiger partial charge in [0.2, 0.25) is 5.91 Å². The van der Waals surface area contributed by atoms with Crippen LogP contribution in [0.25, 0.3) is 10.6 Å². The second-order valence-electron chi connectivity index (χ2n) is 7.45. The number of nitrogens with one attached hydrogen (secondary N) is 1. The normalized spacial score (nSPS) is 25.2. The van der Waals surface area contributed by atoms with Crippen LogP contribution in [0, 0.1) is 0 Å². The van der Waals surface area contributed by atoms with Crippen LogP contribution < -0.4 is 5.32 Å². The predicted octanol–water partition coefficient (Wildman–Crippen LogP) is 2.60. The minimum atomic E-state index is 0.115. The number of piperazine rings is 1. The van der Waals surface area contributed by atoms with Crippen LogP contribution in [-0.2, 0) is 11.3 Å². The topological polar surface area (TPSA) is 48.5 Å². The van der Waals surface area contributed by atoms with Crippen molar-refractivity contribution in [3.8, 4) is 10.6 Å². The number of rotatable bonds is 3. The summed E-state index contributed by atoms with van der Waals surface area (Å²) in [5.74, 6) is 0.197. The molecule has 138 valence electrons. The predicted molar refractivity (Wildman–Crippen MR) is 105 cm³/mol. The second-order valence-corrected chi connectivity index (χ2v) is 8.57. The highest BCUT2D eigenvalue weighted by Crippen LogP contribution is 2.32. The molecule has 26 heavy (non-hydrogen) atoms. The maximum atomic E-state index is 11.8. The van der Waals surface area contributed by atoms with Crippen LogP contribution >= 0.6 is 11.3 Å². The highest BCUT2D eigenvalue weighted by molar-refractivity contribution is 7.15. The molecule has 0 radical (unpaired) electrons. The van der Waals surface area contributed by atoms with Crippen LogP contribution in [-0.4, -0.2) is 59.5 Å². The monoisotopic (exact) mass is 370 g/mol. The highest BCUT2D eigenvalue weighted by atomic mass is 32.1. The Hall–Kier alpha value is -1.76. The molecule has 3 heterocycles. The van der Waals surface area contributed by atoms with Crippen LogP contribution in [0.2, 0.25) is 0 Å². The zero-order valence-corrected chi connectivity index (χ0v) is 16.1. The number of carbonyl (C=O) groups excluding carboxylic acids is 1. The molecule has 6 heteroatoms. The average molecular weight is 371 g/mol. The third-order valence-corrected chi connectivity index (χ3v) is 6.79. The summed E-state index contributed by atoms with van der Waals surface area (Å²) >= 11 is 1.79. The van der Waals surface area contributed by atoms with Gasteiger partial charge in [-0.05, 0) is 19.9 Å². The van der Waals surface area contributed by atoms with Gasteiger partial charge in [0, 0.05) is 61.3 Å². The lowest BCUT2D eigenvalue weighted by Crippen LogP contribution is -2.60. The number of aromatic nitrogens is 1. The fraction of sp³-hybridized carbons (Fsp3) is 0.500. The summed E-state index contributed by atoms with van der Waals surface area (Å²) in [5.41, 5.74) is 1.30. The molecule has 1 atom stereocenters. The van der Waals surface area contributed by atoms with Gasteiger partial charge in [-0.25, -0.2) is 4.98 Å². The van der Waals surface area contributed by atoms with Crippen molar-refractivity contribution in [2.24, 2.45) is 0 Å². The Labute approximate surface area is 159 Å². The van der Waals surface area contributed by atoms with Gasteiger partial charge in [0.05, 0.1) is 0 Å². The van der Waals surface area contributed by atoms with Crippen molar-refractivity contribution < 1.29 is 4.79 Å². The first-order valence-corrected chi connectivity index (χ1v) is 10.2. The van der Waals surface area contributed by atoms with Gasteiger partial charge in [-0.15, -0.1) is 11.3 Å². The summed E-state index contributed by atoms with van der Waals surface area (Å²) in [5, 5.41) is 4.12. The van der Waals surface area contributed by atoms with E-state index in [4.69, 9.17) is 0 Å². The number of benzene rings is 1. The first-order valence-electron chi connectivity index (χ1n) is 9.35. The molecule has 1 spiro atoms. The van der Waals surface area contributed by atoms with Crippen molar-refractivity contribution in [3.05, 3.63) is 41.4 Å². The lowest BCUT2D eigenvalue weighted by atomic mass is 9.86. The Bertz CT molecular complexity index is 762. The molecule has 1 aromatic carbocycles. The number of likely N-dealkylation sites (N-methyl/N-ethyl adjacent to an activating group) is 1. The molecular weight excluding hydrogens is 344 g/mol. The molecule has 0 saturated carbocycles. The molecule has 0 bridgehead atoms. The van der Waals surface area contributed by atoms with Crippen molar-refractivity contribution in [1.82, 2.24) is 20.1 Å². The third kappa shape index (κ3) is 3.68. The second kappa shape index (κ2) is 7.47. The van der Waals surface area contributed by atoms with E-state index in [1.807, 2.05) is 12.3 Å². The fourth-order valence-electron chi connectivity index (χ4n) is 4.13. The summed E-state index contributed by atoms with van der Waals surface area (Å²) in [6.07, 6.45) is 4.64. The standard InChI is InChI=1S/C20H26N4OS/c1-23-11-12-24(15-20(23)8-7-18(25)21-10-9-20)14-17-13-22-19(26-17)16-5-3-2-4-6-16/h2-6,13H,7-12,14-15H2,1H3,(H,21,25)/t20-/m0/s1. The largest absolute Gasteiger partial charge is 0.356 e. The number of nitrogens with zero attached hydrogens (tertiary/aromatic N) is 3. The van der Waals surface area contributed by atoms with Crippen LogP contribution in [0.4, 0.5) is 0 Å². The maximum absolute atomic E-state index is 11.8. The minimum Gasteiger partial charge on any atom is -0.356 e. The number of amides is 1. The Morgan fingerprint density at radius 3 is 2.92 bits per heavy atom. The third-order valence-electron chi connectivity index (χ3n) is 5.76. The van der Waals surface area contributed by atoms with E-state index < -0.39 is 0 Å². The molecule has 0 unspecified atom stereocenters. The zero-order valence-electron chi connectivity index (χ0n) is 15.3. The molecule has 2 aromatic rings. The number of thiazole rings is 1. The van der Waals surface area contributed by atoms with Crippen LogP contribution in [0.5, 0.6) is 0 Å². The maximum Gasteiger partial charge on any atom is 0.220 e. The lowest BCUT2D eigenvalue weighted by molar-refractivity contribution is -0.121. The Balaban J connectivity index is 1.45. The van der Waals surface area contributed by atoms with Crippen molar-refractivity contribution >= 4 is 17.2 Å². The molecule has 1 amide bonds. The van der Waals surface area contributed by atoms with Gasteiger partial charge >= 0.3 is 0 Å². The molecule has 5 nitrogen and oxygen atoms in total. The SMILES string of the molecule is CN1CCN(Cc2cnc(-c3ccccc3)s2)C[C@]12CCNC(=O)CC2. The zero-order chi connectivity index (χ0) is 18.0. The van der Waals surface area contributed by atoms with E-state index in [1.165, 1.54) is 10.4 Å². The number of hydrogen-bond donors (Lipinski definition) is 1. The fourth-order valence-corrected chi connectivity index (χ4v) is 5.09. The number of carbonyl (C=O) groups is 1. The molecule has 2 fully saturated rings. The Morgan fingerprint density at radius 1 is 1.23 bits per heavy atom. The molecule has 4 rings (SSSR count). The minimum absolute atomic E-state index is 0.115. The van der Waals surface area contributed by atoms with E-state index in [9.17, 15) is 4.79 Å². The van der Waals surface area contributed by atoms with Gasteiger partial charge in [0.15, 0.2) is 0 Å². The van der Waals surface area contributed by atoms with Gasteiger partial charge in [0.25, 0.3) is 0 Å². The van der Waals surface area contributed by atoms with Gasteiger partial charge in [-0.1, -0.05) is 30.3 Å². The van der Waals surface area contributed by atoms with Crippen molar-refractivity contribution in [3.63, 3.8) is 0 Å². The van der Waals surface area contributed by atoms with Crippen molar-refractivity contribution in [2.75, 3.05) is 33.2 Å². The van der Waals surface area contributed by atoms with E-state index in [0.717, 1.165) is 50.6 Å². The van der Waals surface area contributed by atoms with Crippen molar-refractivity contribution in [1.29, 1.82) is 0 Å². The Morgan fingerprint density at radius 2 is 2.08 bits per heavy atom. The van der Waals surface area contributed by atoms with Gasteiger partial charge in [-0.3, -0.25) is 14.6 Å². The molecule has 2 aliphatic rings. The summed E-state index contributed by atoms with van der Waals surface area (Å²) < 4.78 is 0. The van der Waals surface area contributed by atoms with Crippen LogP contribution in [0.15, 0.2) is 36.5 Å². The van der Waals surface area contributed by atoms with E-state index in [2.05, 4.69) is 51.4 Å². The first-order chi connectivity index (χ1) is 12.6. The van der Waals surface area contributed by atoms with E-state index in [0.29, 0.717) is 6.42 Å². The summed E-state index contributed by atoms with van der Waals surface area (Å²) in [7, 11) is 2.22. The van der Waals surface area contributed by atoms with E-state index >= 15 is 0 Å². The summed E-state index contributed by atoms with van der Waals surface area (Å²) in [6, 6.07) is 10.4. The van der Waals surface area contributed by atoms with E-state index in [-0.39, 0.29) is 11.4 Å². The average Bonchev–Trinajstić information content (AvgIpc) is 3.04. The van der Waals surface area contributed by atoms with Crippen LogP contribution in [0.1, 0.15) is 24.1 Å². The van der Waals surface area contributed by atoms with E-state index in [1.54, 1.807) is 11.3 Å². The molecular formula is C20H26N4OS. The summed E-state index contributed by atoms with van der Waals surface area (Å²) in [6.45, 7) is 4.88. The van der Waals surface area contributed by atoms with Gasteiger partial charge in [0.1, 0.15) is 5.01 Å². The first kappa shape index (κ1) is 17.6. The summed E-state index contributed by atoms with van der Waals surface area (Å²) in [4.78, 5) is 22.7. The van der Waals surface area contributed by atoms with Gasteiger partial charge in [-0.2, -0.15) is 0 Å². The quantitative estimate of drug-likeness (QED) is 0.902.